The third-order valence-corrected chi connectivity index (χ3v) is 3.88. The fraction of sp³-hybridized carbons (Fsp3) is 0.833. The average molecular weight is 242 g/mol. The van der Waals surface area contributed by atoms with E-state index in [1.165, 1.54) is 32.1 Å². The van der Waals surface area contributed by atoms with Gasteiger partial charge in [0.1, 0.15) is 5.82 Å². The van der Waals surface area contributed by atoms with Crippen LogP contribution in [-0.4, -0.2) is 14.8 Å². The van der Waals surface area contributed by atoms with Crippen molar-refractivity contribution in [2.24, 2.45) is 0 Å². The Morgan fingerprint density at radius 1 is 1.25 bits per heavy atom. The summed E-state index contributed by atoms with van der Waals surface area (Å²) >= 11 is 6.19. The van der Waals surface area contributed by atoms with Crippen LogP contribution in [0.1, 0.15) is 58.2 Å². The number of hydrogen-bond donors (Lipinski definition) is 0. The van der Waals surface area contributed by atoms with Crippen LogP contribution in [0.2, 0.25) is 5.28 Å². The lowest BCUT2D eigenvalue weighted by Gasteiger charge is -2.36. The van der Waals surface area contributed by atoms with Crippen molar-refractivity contribution < 1.29 is 0 Å². The van der Waals surface area contributed by atoms with Gasteiger partial charge in [-0.05, 0) is 37.8 Å². The van der Waals surface area contributed by atoms with E-state index < -0.39 is 0 Å². The summed E-state index contributed by atoms with van der Waals surface area (Å²) in [5, 5.41) is 8.80. The molecule has 4 heteroatoms. The molecule has 3 nitrogen and oxygen atoms in total. The van der Waals surface area contributed by atoms with Crippen molar-refractivity contribution in [2.45, 2.75) is 64.3 Å². The highest BCUT2D eigenvalue weighted by molar-refractivity contribution is 6.28. The first-order valence-corrected chi connectivity index (χ1v) is 6.65. The van der Waals surface area contributed by atoms with Crippen LogP contribution in [0.4, 0.5) is 0 Å². The van der Waals surface area contributed by atoms with E-state index in [1.54, 1.807) is 0 Å². The van der Waals surface area contributed by atoms with E-state index in [-0.39, 0.29) is 5.54 Å². The first-order valence-electron chi connectivity index (χ1n) is 6.27. The molecule has 0 bridgehead atoms. The molecule has 0 aliphatic heterocycles. The van der Waals surface area contributed by atoms with Gasteiger partial charge in [-0.2, -0.15) is 0 Å². The highest BCUT2D eigenvalue weighted by Gasteiger charge is 2.32. The minimum atomic E-state index is 0.142. The normalized spacial score (nSPS) is 19.9. The Morgan fingerprint density at radius 3 is 2.56 bits per heavy atom. The van der Waals surface area contributed by atoms with Gasteiger partial charge in [-0.15, -0.1) is 10.2 Å². The molecule has 0 atom stereocenters. The zero-order valence-corrected chi connectivity index (χ0v) is 10.9. The Labute approximate surface area is 102 Å². The molecule has 2 rings (SSSR count). The Balaban J connectivity index is 2.33. The van der Waals surface area contributed by atoms with Crippen LogP contribution in [0.25, 0.3) is 0 Å². The molecule has 16 heavy (non-hydrogen) atoms. The second-order valence-corrected chi connectivity index (χ2v) is 5.37. The van der Waals surface area contributed by atoms with Crippen LogP contribution in [-0.2, 0) is 12.0 Å². The molecule has 90 valence electrons. The number of aryl methyl sites for hydroxylation is 1. The van der Waals surface area contributed by atoms with Gasteiger partial charge in [0.2, 0.25) is 5.28 Å². The maximum absolute atomic E-state index is 6.19. The van der Waals surface area contributed by atoms with Crippen LogP contribution in [0.15, 0.2) is 0 Å². The zero-order valence-electron chi connectivity index (χ0n) is 10.2. The first-order chi connectivity index (χ1) is 7.67. The third-order valence-electron chi connectivity index (χ3n) is 3.63. The third kappa shape index (κ3) is 2.10. The number of hydrogen-bond acceptors (Lipinski definition) is 2. The van der Waals surface area contributed by atoms with E-state index >= 15 is 0 Å². The molecule has 0 amide bonds. The lowest BCUT2D eigenvalue weighted by molar-refractivity contribution is 0.213. The molecule has 0 aromatic carbocycles. The minimum Gasteiger partial charge on any atom is -0.296 e. The summed E-state index contributed by atoms with van der Waals surface area (Å²) in [5.41, 5.74) is 0.142. The van der Waals surface area contributed by atoms with E-state index in [2.05, 4.69) is 28.6 Å². The van der Waals surface area contributed by atoms with Crippen molar-refractivity contribution in [3.05, 3.63) is 11.1 Å². The molecule has 1 aromatic rings. The van der Waals surface area contributed by atoms with E-state index in [4.69, 9.17) is 11.6 Å². The number of halogens is 1. The largest absolute Gasteiger partial charge is 0.296 e. The molecular weight excluding hydrogens is 222 g/mol. The van der Waals surface area contributed by atoms with Crippen molar-refractivity contribution in [3.63, 3.8) is 0 Å². The zero-order chi connectivity index (χ0) is 11.6. The number of rotatable bonds is 3. The van der Waals surface area contributed by atoms with E-state index in [0.29, 0.717) is 5.28 Å². The summed E-state index contributed by atoms with van der Waals surface area (Å²) in [6.07, 6.45) is 8.37. The molecule has 0 unspecified atom stereocenters. The highest BCUT2D eigenvalue weighted by Crippen LogP contribution is 2.37. The van der Waals surface area contributed by atoms with Crippen LogP contribution in [0.3, 0.4) is 0 Å². The molecular formula is C12H20ClN3. The van der Waals surface area contributed by atoms with Crippen molar-refractivity contribution in [3.8, 4) is 0 Å². The van der Waals surface area contributed by atoms with E-state index in [0.717, 1.165) is 18.7 Å². The molecule has 1 saturated carbocycles. The molecule has 0 N–H and O–H groups in total. The van der Waals surface area contributed by atoms with Gasteiger partial charge < -0.3 is 0 Å². The van der Waals surface area contributed by atoms with Crippen LogP contribution in [0, 0.1) is 0 Å². The van der Waals surface area contributed by atoms with Crippen LogP contribution in [0.5, 0.6) is 0 Å². The van der Waals surface area contributed by atoms with Crippen molar-refractivity contribution in [2.75, 3.05) is 0 Å². The maximum atomic E-state index is 6.19. The Bertz CT molecular complexity index is 353. The summed E-state index contributed by atoms with van der Waals surface area (Å²) in [6, 6.07) is 0. The monoisotopic (exact) mass is 241 g/mol. The van der Waals surface area contributed by atoms with E-state index in [9.17, 15) is 0 Å². The topological polar surface area (TPSA) is 30.7 Å². The molecule has 0 saturated heterocycles. The van der Waals surface area contributed by atoms with E-state index in [1.807, 2.05) is 0 Å². The van der Waals surface area contributed by atoms with Crippen molar-refractivity contribution >= 4 is 11.6 Å². The average Bonchev–Trinajstić information content (AvgIpc) is 2.62. The summed E-state index contributed by atoms with van der Waals surface area (Å²) in [6.45, 7) is 4.46. The van der Waals surface area contributed by atoms with Gasteiger partial charge in [-0.1, -0.05) is 26.2 Å². The van der Waals surface area contributed by atoms with Gasteiger partial charge in [-0.3, -0.25) is 4.57 Å². The summed E-state index contributed by atoms with van der Waals surface area (Å²) in [5.74, 6) is 1.05. The molecule has 1 aliphatic rings. The first kappa shape index (κ1) is 11.9. The van der Waals surface area contributed by atoms with Gasteiger partial charge in [0, 0.05) is 12.0 Å². The SMILES string of the molecule is CCCc1nnc(Cl)n1C1(C)CCCCC1. The quantitative estimate of drug-likeness (QED) is 0.810. The van der Waals surface area contributed by atoms with Gasteiger partial charge in [-0.25, -0.2) is 0 Å². The number of aromatic nitrogens is 3. The lowest BCUT2D eigenvalue weighted by Crippen LogP contribution is -2.34. The Morgan fingerprint density at radius 2 is 1.94 bits per heavy atom. The van der Waals surface area contributed by atoms with Gasteiger partial charge in [0.25, 0.3) is 0 Å². The lowest BCUT2D eigenvalue weighted by atomic mass is 9.83. The van der Waals surface area contributed by atoms with Gasteiger partial charge in [0.05, 0.1) is 0 Å². The fourth-order valence-corrected chi connectivity index (χ4v) is 3.09. The Kier molecular flexibility index (Phi) is 3.53. The summed E-state index contributed by atoms with van der Waals surface area (Å²) in [7, 11) is 0. The van der Waals surface area contributed by atoms with Gasteiger partial charge >= 0.3 is 0 Å². The number of nitrogens with zero attached hydrogens (tertiary/aromatic N) is 3. The highest BCUT2D eigenvalue weighted by atomic mass is 35.5. The predicted octanol–water partition coefficient (Wildman–Crippen LogP) is 3.56. The predicted molar refractivity (Wildman–Crippen MR) is 65.8 cm³/mol. The standard InChI is InChI=1S/C12H20ClN3/c1-3-7-10-14-15-11(13)16(10)12(2)8-5-4-6-9-12/h3-9H2,1-2H3. The van der Waals surface area contributed by atoms with Gasteiger partial charge in [0.15, 0.2) is 0 Å². The summed E-state index contributed by atoms with van der Waals surface area (Å²) < 4.78 is 2.18. The second-order valence-electron chi connectivity index (χ2n) is 5.03. The Hall–Kier alpha value is -0.570. The smallest absolute Gasteiger partial charge is 0.225 e. The molecule has 0 spiro atoms. The van der Waals surface area contributed by atoms with Crippen molar-refractivity contribution in [1.29, 1.82) is 0 Å². The summed E-state index contributed by atoms with van der Waals surface area (Å²) in [4.78, 5) is 0. The molecule has 1 fully saturated rings. The fourth-order valence-electron chi connectivity index (χ4n) is 2.75. The second kappa shape index (κ2) is 4.74. The molecule has 1 heterocycles. The molecule has 1 aromatic heterocycles. The van der Waals surface area contributed by atoms with Crippen LogP contribution < -0.4 is 0 Å². The molecule has 0 radical (unpaired) electrons. The maximum Gasteiger partial charge on any atom is 0.225 e. The molecule has 1 aliphatic carbocycles. The van der Waals surface area contributed by atoms with Crippen molar-refractivity contribution in [1.82, 2.24) is 14.8 Å². The minimum absolute atomic E-state index is 0.142. The van der Waals surface area contributed by atoms with Crippen LogP contribution >= 0.6 is 11.6 Å².